The highest BCUT2D eigenvalue weighted by Crippen LogP contribution is 2.13. The summed E-state index contributed by atoms with van der Waals surface area (Å²) < 4.78 is 4.84. The molecule has 1 atom stereocenters. The van der Waals surface area contributed by atoms with E-state index >= 15 is 0 Å². The number of esters is 1. The lowest BCUT2D eigenvalue weighted by Gasteiger charge is -2.18. The van der Waals surface area contributed by atoms with Gasteiger partial charge in [-0.25, -0.2) is 4.79 Å². The fourth-order valence-corrected chi connectivity index (χ4v) is 3.07. The van der Waals surface area contributed by atoms with Gasteiger partial charge in [-0.3, -0.25) is 9.59 Å². The second-order valence-electron chi connectivity index (χ2n) is 6.37. The zero-order chi connectivity index (χ0) is 21.8. The molecule has 2 aromatic carbocycles. The van der Waals surface area contributed by atoms with Crippen LogP contribution in [0.15, 0.2) is 60.7 Å². The molecule has 0 heterocycles. The van der Waals surface area contributed by atoms with E-state index in [2.05, 4.69) is 10.6 Å². The molecule has 0 aromatic heterocycles. The van der Waals surface area contributed by atoms with Gasteiger partial charge in [-0.05, 0) is 61.3 Å². The Hall–Kier alpha value is -3.06. The summed E-state index contributed by atoms with van der Waals surface area (Å²) in [5, 5.41) is 5.66. The molecule has 30 heavy (non-hydrogen) atoms. The third-order valence-electron chi connectivity index (χ3n) is 4.15. The fourth-order valence-electron chi connectivity index (χ4n) is 2.60. The molecule has 0 fully saturated rings. The Balaban J connectivity index is 2.00. The van der Waals surface area contributed by atoms with Crippen LogP contribution in [0.2, 0.25) is 0 Å². The average molecular weight is 427 g/mol. The summed E-state index contributed by atoms with van der Waals surface area (Å²) in [6.07, 6.45) is 5.47. The molecule has 2 N–H and O–H groups in total. The van der Waals surface area contributed by atoms with E-state index in [9.17, 15) is 14.4 Å². The lowest BCUT2D eigenvalue weighted by Crippen LogP contribution is -2.44. The first-order chi connectivity index (χ1) is 14.5. The maximum absolute atomic E-state index is 12.7. The van der Waals surface area contributed by atoms with Gasteiger partial charge >= 0.3 is 5.97 Å². The third kappa shape index (κ3) is 7.75. The van der Waals surface area contributed by atoms with Crippen molar-refractivity contribution in [2.45, 2.75) is 19.4 Å². The SMILES string of the molecule is CCOC(=O)/C=C/c1ccc(NC(=O)C(CCSC)NC(=O)c2ccccc2)cc1. The van der Waals surface area contributed by atoms with E-state index in [1.54, 1.807) is 73.3 Å². The molecule has 158 valence electrons. The Morgan fingerprint density at radius 1 is 1.07 bits per heavy atom. The van der Waals surface area contributed by atoms with Gasteiger partial charge in [0.25, 0.3) is 5.91 Å². The van der Waals surface area contributed by atoms with Crippen molar-refractivity contribution in [2.75, 3.05) is 23.9 Å². The number of amides is 2. The minimum atomic E-state index is -0.645. The topological polar surface area (TPSA) is 84.5 Å². The summed E-state index contributed by atoms with van der Waals surface area (Å²) in [4.78, 5) is 36.6. The first-order valence-electron chi connectivity index (χ1n) is 9.64. The number of rotatable bonds is 10. The van der Waals surface area contributed by atoms with Crippen LogP contribution in [-0.2, 0) is 14.3 Å². The van der Waals surface area contributed by atoms with Crippen molar-refractivity contribution < 1.29 is 19.1 Å². The zero-order valence-electron chi connectivity index (χ0n) is 17.1. The Kier molecular flexibility index (Phi) is 9.67. The quantitative estimate of drug-likeness (QED) is 0.446. The normalized spacial score (nSPS) is 11.7. The van der Waals surface area contributed by atoms with Crippen LogP contribution in [-0.4, -0.2) is 42.4 Å². The monoisotopic (exact) mass is 426 g/mol. The van der Waals surface area contributed by atoms with Crippen molar-refractivity contribution in [3.05, 3.63) is 71.8 Å². The molecule has 0 bridgehead atoms. The van der Waals surface area contributed by atoms with E-state index in [-0.39, 0.29) is 11.8 Å². The maximum atomic E-state index is 12.7. The molecule has 6 nitrogen and oxygen atoms in total. The lowest BCUT2D eigenvalue weighted by molar-refractivity contribution is -0.137. The molecule has 0 aliphatic rings. The molecule has 2 amide bonds. The highest BCUT2D eigenvalue weighted by molar-refractivity contribution is 7.98. The van der Waals surface area contributed by atoms with E-state index in [4.69, 9.17) is 4.74 Å². The number of ether oxygens (including phenoxy) is 1. The van der Waals surface area contributed by atoms with Gasteiger partial charge in [0, 0.05) is 17.3 Å². The number of hydrogen-bond donors (Lipinski definition) is 2. The van der Waals surface area contributed by atoms with Crippen molar-refractivity contribution in [2.24, 2.45) is 0 Å². The van der Waals surface area contributed by atoms with Crippen molar-refractivity contribution in [1.82, 2.24) is 5.32 Å². The van der Waals surface area contributed by atoms with Crippen LogP contribution in [0.25, 0.3) is 6.08 Å². The Labute approximate surface area is 181 Å². The molecule has 2 aromatic rings. The van der Waals surface area contributed by atoms with Crippen LogP contribution >= 0.6 is 11.8 Å². The maximum Gasteiger partial charge on any atom is 0.330 e. The van der Waals surface area contributed by atoms with E-state index in [1.807, 2.05) is 12.3 Å². The van der Waals surface area contributed by atoms with Gasteiger partial charge in [-0.2, -0.15) is 11.8 Å². The molecule has 0 aliphatic carbocycles. The van der Waals surface area contributed by atoms with Gasteiger partial charge in [-0.1, -0.05) is 30.3 Å². The Bertz CT molecular complexity index is 867. The van der Waals surface area contributed by atoms with Crippen LogP contribution in [0.3, 0.4) is 0 Å². The Morgan fingerprint density at radius 3 is 2.40 bits per heavy atom. The van der Waals surface area contributed by atoms with Gasteiger partial charge in [0.05, 0.1) is 6.61 Å². The van der Waals surface area contributed by atoms with Gasteiger partial charge in [0.1, 0.15) is 6.04 Å². The van der Waals surface area contributed by atoms with Gasteiger partial charge < -0.3 is 15.4 Å². The predicted molar refractivity (Wildman–Crippen MR) is 121 cm³/mol. The van der Waals surface area contributed by atoms with Gasteiger partial charge in [-0.15, -0.1) is 0 Å². The number of carbonyl (C=O) groups is 3. The van der Waals surface area contributed by atoms with Crippen molar-refractivity contribution >= 4 is 41.3 Å². The number of nitrogens with one attached hydrogen (secondary N) is 2. The highest BCUT2D eigenvalue weighted by Gasteiger charge is 2.21. The van der Waals surface area contributed by atoms with Gasteiger partial charge in [0.2, 0.25) is 5.91 Å². The number of anilines is 1. The average Bonchev–Trinajstić information content (AvgIpc) is 2.76. The largest absolute Gasteiger partial charge is 0.463 e. The molecular weight excluding hydrogens is 400 g/mol. The molecule has 0 saturated heterocycles. The highest BCUT2D eigenvalue weighted by atomic mass is 32.2. The van der Waals surface area contributed by atoms with Crippen LogP contribution in [0.4, 0.5) is 5.69 Å². The van der Waals surface area contributed by atoms with E-state index in [0.29, 0.717) is 24.3 Å². The Morgan fingerprint density at radius 2 is 1.77 bits per heavy atom. The molecule has 7 heteroatoms. The van der Waals surface area contributed by atoms with Crippen LogP contribution in [0, 0.1) is 0 Å². The first kappa shape index (κ1) is 23.2. The molecule has 0 aliphatic heterocycles. The van der Waals surface area contributed by atoms with Crippen molar-refractivity contribution in [1.29, 1.82) is 0 Å². The van der Waals surface area contributed by atoms with E-state index in [0.717, 1.165) is 11.3 Å². The minimum absolute atomic E-state index is 0.275. The fraction of sp³-hybridized carbons (Fsp3) is 0.261. The summed E-state index contributed by atoms with van der Waals surface area (Å²) in [5.41, 5.74) is 1.92. The number of hydrogen-bond acceptors (Lipinski definition) is 5. The van der Waals surface area contributed by atoms with Crippen LogP contribution in [0.1, 0.15) is 29.3 Å². The summed E-state index contributed by atoms with van der Waals surface area (Å²) in [5.74, 6) is -0.217. The summed E-state index contributed by atoms with van der Waals surface area (Å²) in [6, 6.07) is 15.2. The van der Waals surface area contributed by atoms with Gasteiger partial charge in [0.15, 0.2) is 0 Å². The molecule has 1 unspecified atom stereocenters. The van der Waals surface area contributed by atoms with Crippen molar-refractivity contribution in [3.63, 3.8) is 0 Å². The molecule has 0 spiro atoms. The van der Waals surface area contributed by atoms with Crippen molar-refractivity contribution in [3.8, 4) is 0 Å². The second kappa shape index (κ2) is 12.5. The smallest absolute Gasteiger partial charge is 0.330 e. The standard InChI is InChI=1S/C23H26N2O4S/c1-3-29-21(26)14-11-17-9-12-19(13-10-17)24-23(28)20(15-16-30-2)25-22(27)18-7-5-4-6-8-18/h4-14,20H,3,15-16H2,1-2H3,(H,24,28)(H,25,27)/b14-11+. The predicted octanol–water partition coefficient (Wildman–Crippen LogP) is 3.75. The number of thioether (sulfide) groups is 1. The summed E-state index contributed by atoms with van der Waals surface area (Å²) in [6.45, 7) is 2.07. The third-order valence-corrected chi connectivity index (χ3v) is 4.79. The molecule has 2 rings (SSSR count). The minimum Gasteiger partial charge on any atom is -0.463 e. The number of carbonyl (C=O) groups excluding carboxylic acids is 3. The lowest BCUT2D eigenvalue weighted by atomic mass is 10.1. The van der Waals surface area contributed by atoms with Crippen LogP contribution in [0.5, 0.6) is 0 Å². The summed E-state index contributed by atoms with van der Waals surface area (Å²) >= 11 is 1.61. The molecular formula is C23H26N2O4S. The molecule has 0 radical (unpaired) electrons. The van der Waals surface area contributed by atoms with Crippen LogP contribution < -0.4 is 10.6 Å². The first-order valence-corrected chi connectivity index (χ1v) is 11.0. The summed E-state index contributed by atoms with van der Waals surface area (Å²) in [7, 11) is 0. The van der Waals surface area contributed by atoms with E-state index < -0.39 is 12.0 Å². The second-order valence-corrected chi connectivity index (χ2v) is 7.36. The van der Waals surface area contributed by atoms with E-state index in [1.165, 1.54) is 6.08 Å². The zero-order valence-corrected chi connectivity index (χ0v) is 17.9. The number of benzene rings is 2. The molecule has 0 saturated carbocycles.